The van der Waals surface area contributed by atoms with Gasteiger partial charge in [-0.05, 0) is 27.2 Å². The molecule has 116 valence electrons. The minimum absolute atomic E-state index is 0.0376. The van der Waals surface area contributed by atoms with E-state index in [-0.39, 0.29) is 23.8 Å². The molecule has 6 nitrogen and oxygen atoms in total. The van der Waals surface area contributed by atoms with Crippen LogP contribution in [0.1, 0.15) is 27.2 Å². The molecule has 21 heavy (non-hydrogen) atoms. The number of carbonyl (C=O) groups is 3. The van der Waals surface area contributed by atoms with Gasteiger partial charge in [-0.1, -0.05) is 0 Å². The lowest BCUT2D eigenvalue weighted by molar-refractivity contribution is -0.172. The van der Waals surface area contributed by atoms with Gasteiger partial charge in [0.25, 0.3) is 0 Å². The molecular formula is C15H20O6. The van der Waals surface area contributed by atoms with Gasteiger partial charge in [-0.3, -0.25) is 14.4 Å². The first-order valence-corrected chi connectivity index (χ1v) is 7.25. The molecule has 0 aromatic heterocycles. The highest BCUT2D eigenvalue weighted by Crippen LogP contribution is 2.59. The van der Waals surface area contributed by atoms with Gasteiger partial charge in [0, 0.05) is 11.8 Å². The molecule has 0 spiro atoms. The molecular weight excluding hydrogens is 276 g/mol. The van der Waals surface area contributed by atoms with E-state index in [1.54, 1.807) is 20.8 Å². The summed E-state index contributed by atoms with van der Waals surface area (Å²) >= 11 is 0. The summed E-state index contributed by atoms with van der Waals surface area (Å²) < 4.78 is 15.8. The topological polar surface area (TPSA) is 78.9 Å². The average molecular weight is 296 g/mol. The zero-order chi connectivity index (χ0) is 15.5. The number of carbonyl (C=O) groups excluding carboxylic acids is 3. The third-order valence-electron chi connectivity index (χ3n) is 4.87. The first kappa shape index (κ1) is 14.4. The molecule has 0 aromatic rings. The van der Waals surface area contributed by atoms with Gasteiger partial charge < -0.3 is 14.2 Å². The molecule has 2 saturated carbocycles. The van der Waals surface area contributed by atoms with E-state index in [2.05, 4.69) is 0 Å². The van der Waals surface area contributed by atoms with E-state index in [0.717, 1.165) is 0 Å². The minimum Gasteiger partial charge on any atom is -0.469 e. The monoisotopic (exact) mass is 296 g/mol. The van der Waals surface area contributed by atoms with Crippen LogP contribution in [0, 0.1) is 29.1 Å². The van der Waals surface area contributed by atoms with E-state index >= 15 is 0 Å². The van der Waals surface area contributed by atoms with Crippen molar-refractivity contribution in [1.29, 1.82) is 0 Å². The second-order valence-electron chi connectivity index (χ2n) is 7.16. The molecule has 0 N–H and O–H groups in total. The molecule has 1 heterocycles. The Morgan fingerprint density at radius 2 is 1.90 bits per heavy atom. The van der Waals surface area contributed by atoms with Crippen LogP contribution < -0.4 is 0 Å². The number of ether oxygens (including phenoxy) is 3. The highest BCUT2D eigenvalue weighted by molar-refractivity contribution is 5.86. The van der Waals surface area contributed by atoms with Gasteiger partial charge in [0.2, 0.25) is 0 Å². The van der Waals surface area contributed by atoms with E-state index in [1.165, 1.54) is 7.11 Å². The predicted octanol–water partition coefficient (Wildman–Crippen LogP) is 0.925. The fourth-order valence-electron chi connectivity index (χ4n) is 3.91. The second-order valence-corrected chi connectivity index (χ2v) is 7.16. The van der Waals surface area contributed by atoms with Crippen molar-refractivity contribution < 1.29 is 28.6 Å². The number of hydrogen-bond acceptors (Lipinski definition) is 6. The lowest BCUT2D eigenvalue weighted by atomic mass is 9.78. The van der Waals surface area contributed by atoms with Crippen LogP contribution >= 0.6 is 0 Å². The first-order chi connectivity index (χ1) is 9.75. The maximum absolute atomic E-state index is 12.1. The fourth-order valence-corrected chi connectivity index (χ4v) is 3.91. The molecule has 6 atom stereocenters. The van der Waals surface area contributed by atoms with E-state index in [1.807, 2.05) is 0 Å². The second kappa shape index (κ2) is 4.45. The van der Waals surface area contributed by atoms with Crippen molar-refractivity contribution in [3.63, 3.8) is 0 Å². The normalized spacial score (nSPS) is 40.1. The Balaban J connectivity index is 1.86. The molecule has 3 fully saturated rings. The molecule has 0 radical (unpaired) electrons. The third-order valence-corrected chi connectivity index (χ3v) is 4.87. The number of methoxy groups -OCH3 is 1. The van der Waals surface area contributed by atoms with Crippen LogP contribution in [-0.2, 0) is 28.6 Å². The van der Waals surface area contributed by atoms with Gasteiger partial charge in [-0.2, -0.15) is 0 Å². The Hall–Kier alpha value is -1.59. The van der Waals surface area contributed by atoms with Crippen molar-refractivity contribution in [2.75, 3.05) is 7.11 Å². The third kappa shape index (κ3) is 1.95. The van der Waals surface area contributed by atoms with Crippen LogP contribution in [0.5, 0.6) is 0 Å². The SMILES string of the molecule is COC(=O)C1C2CC3C(OC(=O)C31)C2OC(=O)C(C)(C)C. The van der Waals surface area contributed by atoms with Crippen molar-refractivity contribution in [1.82, 2.24) is 0 Å². The Labute approximate surface area is 123 Å². The summed E-state index contributed by atoms with van der Waals surface area (Å²) in [4.78, 5) is 36.1. The molecule has 3 rings (SSSR count). The highest BCUT2D eigenvalue weighted by Gasteiger charge is 2.70. The quantitative estimate of drug-likeness (QED) is 0.557. The fraction of sp³-hybridized carbons (Fsp3) is 0.800. The number of hydrogen-bond donors (Lipinski definition) is 0. The van der Waals surface area contributed by atoms with Crippen LogP contribution in [0.3, 0.4) is 0 Å². The van der Waals surface area contributed by atoms with Crippen molar-refractivity contribution in [3.8, 4) is 0 Å². The van der Waals surface area contributed by atoms with Crippen LogP contribution in [0.25, 0.3) is 0 Å². The van der Waals surface area contributed by atoms with Gasteiger partial charge in [0.1, 0.15) is 12.2 Å². The van der Waals surface area contributed by atoms with E-state index < -0.39 is 35.4 Å². The van der Waals surface area contributed by atoms with Gasteiger partial charge in [0.05, 0.1) is 24.4 Å². The summed E-state index contributed by atoms with van der Waals surface area (Å²) in [5.74, 6) is -2.33. The maximum Gasteiger partial charge on any atom is 0.311 e. The number of esters is 3. The van der Waals surface area contributed by atoms with Crippen LogP contribution in [0.4, 0.5) is 0 Å². The Morgan fingerprint density at radius 1 is 1.24 bits per heavy atom. The average Bonchev–Trinajstić information content (AvgIpc) is 2.99. The molecule has 3 aliphatic rings. The molecule has 2 aliphatic carbocycles. The minimum atomic E-state index is -0.634. The number of rotatable bonds is 2. The first-order valence-electron chi connectivity index (χ1n) is 7.25. The van der Waals surface area contributed by atoms with Gasteiger partial charge >= 0.3 is 17.9 Å². The molecule has 6 unspecified atom stereocenters. The van der Waals surface area contributed by atoms with Crippen LogP contribution in [-0.4, -0.2) is 37.2 Å². The molecule has 1 saturated heterocycles. The smallest absolute Gasteiger partial charge is 0.311 e. The summed E-state index contributed by atoms with van der Waals surface area (Å²) in [5, 5.41) is 0. The van der Waals surface area contributed by atoms with Gasteiger partial charge in [0.15, 0.2) is 0 Å². The summed E-state index contributed by atoms with van der Waals surface area (Å²) in [6, 6.07) is 0. The van der Waals surface area contributed by atoms with Crippen LogP contribution in [0.15, 0.2) is 0 Å². The van der Waals surface area contributed by atoms with Crippen molar-refractivity contribution in [2.45, 2.75) is 39.4 Å². The standard InChI is InChI=1S/C15H20O6/c1-15(2,3)14(18)21-11-6-5-7-9(8(6)12(16)19-4)13(17)20-10(7)11/h6-11H,5H2,1-4H3. The van der Waals surface area contributed by atoms with Gasteiger partial charge in [-0.25, -0.2) is 0 Å². The van der Waals surface area contributed by atoms with Crippen LogP contribution in [0.2, 0.25) is 0 Å². The largest absolute Gasteiger partial charge is 0.469 e. The van der Waals surface area contributed by atoms with Gasteiger partial charge in [-0.15, -0.1) is 0 Å². The molecule has 6 heteroatoms. The Morgan fingerprint density at radius 3 is 2.48 bits per heavy atom. The van der Waals surface area contributed by atoms with E-state index in [9.17, 15) is 14.4 Å². The lowest BCUT2D eigenvalue weighted by Gasteiger charge is -2.31. The summed E-state index contributed by atoms with van der Waals surface area (Å²) in [5.41, 5.74) is -0.634. The molecule has 0 amide bonds. The van der Waals surface area contributed by atoms with E-state index in [0.29, 0.717) is 6.42 Å². The zero-order valence-electron chi connectivity index (χ0n) is 12.6. The summed E-state index contributed by atoms with van der Waals surface area (Å²) in [7, 11) is 1.31. The summed E-state index contributed by atoms with van der Waals surface area (Å²) in [6.07, 6.45) is -0.267. The highest BCUT2D eigenvalue weighted by atomic mass is 16.6. The Bertz CT molecular complexity index is 505. The summed E-state index contributed by atoms with van der Waals surface area (Å²) in [6.45, 7) is 5.30. The zero-order valence-corrected chi connectivity index (χ0v) is 12.6. The molecule has 1 aliphatic heterocycles. The Kier molecular flexibility index (Phi) is 3.04. The maximum atomic E-state index is 12.1. The molecule has 0 aromatic carbocycles. The van der Waals surface area contributed by atoms with E-state index in [4.69, 9.17) is 14.2 Å². The number of fused-ring (bicyclic) bond motifs is 1. The van der Waals surface area contributed by atoms with Crippen molar-refractivity contribution >= 4 is 17.9 Å². The van der Waals surface area contributed by atoms with Crippen molar-refractivity contribution in [3.05, 3.63) is 0 Å². The molecule has 2 bridgehead atoms. The predicted molar refractivity (Wildman–Crippen MR) is 69.8 cm³/mol. The lowest BCUT2D eigenvalue weighted by Crippen LogP contribution is -2.44. The van der Waals surface area contributed by atoms with Crippen molar-refractivity contribution in [2.24, 2.45) is 29.1 Å².